The molecule has 1 atom stereocenters. The molecule has 1 aromatic carbocycles. The fraction of sp³-hybridized carbons (Fsp3) is 0.444. The molecule has 25 heavy (non-hydrogen) atoms. The minimum Gasteiger partial charge on any atom is -0.419 e. The van der Waals surface area contributed by atoms with Gasteiger partial charge in [0.25, 0.3) is 0 Å². The van der Waals surface area contributed by atoms with Crippen molar-refractivity contribution in [3.05, 3.63) is 41.5 Å². The fourth-order valence-corrected chi connectivity index (χ4v) is 3.70. The second kappa shape index (κ2) is 6.63. The third-order valence-corrected chi connectivity index (χ3v) is 5.44. The second-order valence-electron chi connectivity index (χ2n) is 6.43. The molecule has 7 heteroatoms. The van der Waals surface area contributed by atoms with Crippen LogP contribution in [0.4, 0.5) is 0 Å². The lowest BCUT2D eigenvalue weighted by molar-refractivity contribution is 0.508. The lowest BCUT2D eigenvalue weighted by Crippen LogP contribution is -2.02. The van der Waals surface area contributed by atoms with Crippen LogP contribution >= 0.6 is 11.8 Å². The van der Waals surface area contributed by atoms with Crippen LogP contribution in [-0.4, -0.2) is 25.0 Å². The Morgan fingerprint density at radius 1 is 1.16 bits per heavy atom. The first-order valence-corrected chi connectivity index (χ1v) is 9.54. The quantitative estimate of drug-likeness (QED) is 0.611. The van der Waals surface area contributed by atoms with Gasteiger partial charge in [-0.15, -0.1) is 20.4 Å². The SMILES string of the molecule is CCn1c(S[C@@H](C)c2nnc(-c3ccc(C)cc3)o2)nnc1C1CC1. The Labute approximate surface area is 151 Å². The third-order valence-electron chi connectivity index (χ3n) is 4.37. The van der Waals surface area contributed by atoms with Crippen molar-refractivity contribution in [1.29, 1.82) is 0 Å². The van der Waals surface area contributed by atoms with Crippen molar-refractivity contribution < 1.29 is 4.42 Å². The Morgan fingerprint density at radius 2 is 1.92 bits per heavy atom. The van der Waals surface area contributed by atoms with E-state index in [9.17, 15) is 0 Å². The van der Waals surface area contributed by atoms with Crippen LogP contribution in [0.2, 0.25) is 0 Å². The van der Waals surface area contributed by atoms with Gasteiger partial charge < -0.3 is 8.98 Å². The van der Waals surface area contributed by atoms with Gasteiger partial charge >= 0.3 is 0 Å². The number of hydrogen-bond donors (Lipinski definition) is 0. The Balaban J connectivity index is 1.52. The highest BCUT2D eigenvalue weighted by Crippen LogP contribution is 2.41. The van der Waals surface area contributed by atoms with Crippen LogP contribution in [0.25, 0.3) is 11.5 Å². The van der Waals surface area contributed by atoms with Crippen LogP contribution in [-0.2, 0) is 6.54 Å². The van der Waals surface area contributed by atoms with Crippen molar-refractivity contribution in [3.63, 3.8) is 0 Å². The summed E-state index contributed by atoms with van der Waals surface area (Å²) >= 11 is 1.62. The first kappa shape index (κ1) is 16.3. The maximum atomic E-state index is 5.88. The zero-order valence-corrected chi connectivity index (χ0v) is 15.5. The molecule has 0 radical (unpaired) electrons. The summed E-state index contributed by atoms with van der Waals surface area (Å²) < 4.78 is 8.09. The van der Waals surface area contributed by atoms with Crippen LogP contribution in [0, 0.1) is 6.92 Å². The molecule has 0 saturated heterocycles. The van der Waals surface area contributed by atoms with Gasteiger partial charge in [0.1, 0.15) is 5.82 Å². The Kier molecular flexibility index (Phi) is 4.33. The number of aryl methyl sites for hydroxylation is 1. The zero-order chi connectivity index (χ0) is 17.4. The molecule has 3 aromatic rings. The summed E-state index contributed by atoms with van der Waals surface area (Å²) in [6.07, 6.45) is 2.45. The van der Waals surface area contributed by atoms with Gasteiger partial charge in [-0.3, -0.25) is 0 Å². The molecule has 130 valence electrons. The molecule has 0 aliphatic heterocycles. The lowest BCUT2D eigenvalue weighted by Gasteiger charge is -2.09. The Bertz CT molecular complexity index is 866. The van der Waals surface area contributed by atoms with Gasteiger partial charge in [0.2, 0.25) is 11.8 Å². The molecular weight excluding hydrogens is 334 g/mol. The van der Waals surface area contributed by atoms with Crippen molar-refractivity contribution in [2.45, 2.75) is 56.5 Å². The van der Waals surface area contributed by atoms with E-state index in [0.29, 0.717) is 17.7 Å². The predicted octanol–water partition coefficient (Wildman–Crippen LogP) is 4.39. The van der Waals surface area contributed by atoms with Crippen molar-refractivity contribution in [3.8, 4) is 11.5 Å². The number of aromatic nitrogens is 5. The third kappa shape index (κ3) is 3.33. The maximum Gasteiger partial charge on any atom is 0.247 e. The summed E-state index contributed by atoms with van der Waals surface area (Å²) in [5, 5.41) is 18.1. The highest BCUT2D eigenvalue weighted by Gasteiger charge is 2.30. The summed E-state index contributed by atoms with van der Waals surface area (Å²) in [5.41, 5.74) is 2.15. The molecule has 6 nitrogen and oxygen atoms in total. The summed E-state index contributed by atoms with van der Waals surface area (Å²) in [4.78, 5) is 0. The van der Waals surface area contributed by atoms with Crippen LogP contribution in [0.1, 0.15) is 55.1 Å². The topological polar surface area (TPSA) is 69.6 Å². The first-order valence-electron chi connectivity index (χ1n) is 8.66. The number of hydrogen-bond acceptors (Lipinski definition) is 6. The van der Waals surface area contributed by atoms with Crippen molar-refractivity contribution in [2.75, 3.05) is 0 Å². The van der Waals surface area contributed by atoms with E-state index in [-0.39, 0.29) is 5.25 Å². The molecule has 4 rings (SSSR count). The smallest absolute Gasteiger partial charge is 0.247 e. The van der Waals surface area contributed by atoms with Gasteiger partial charge in [0.05, 0.1) is 5.25 Å². The molecule has 0 amide bonds. The molecule has 0 bridgehead atoms. The molecule has 2 heterocycles. The van der Waals surface area contributed by atoms with Crippen molar-refractivity contribution in [1.82, 2.24) is 25.0 Å². The number of benzene rings is 1. The van der Waals surface area contributed by atoms with E-state index in [1.54, 1.807) is 11.8 Å². The number of thioether (sulfide) groups is 1. The monoisotopic (exact) mass is 355 g/mol. The van der Waals surface area contributed by atoms with Crippen LogP contribution in [0.15, 0.2) is 33.8 Å². The molecule has 1 fully saturated rings. The van der Waals surface area contributed by atoms with E-state index in [1.165, 1.54) is 18.4 Å². The van der Waals surface area contributed by atoms with E-state index in [4.69, 9.17) is 4.42 Å². The second-order valence-corrected chi connectivity index (χ2v) is 7.74. The van der Waals surface area contributed by atoms with E-state index < -0.39 is 0 Å². The maximum absolute atomic E-state index is 5.88. The highest BCUT2D eigenvalue weighted by molar-refractivity contribution is 7.99. The Hall–Kier alpha value is -2.15. The Morgan fingerprint density at radius 3 is 2.60 bits per heavy atom. The largest absolute Gasteiger partial charge is 0.419 e. The number of nitrogens with zero attached hydrogens (tertiary/aromatic N) is 5. The minimum atomic E-state index is 0.0215. The predicted molar refractivity (Wildman–Crippen MR) is 96.4 cm³/mol. The van der Waals surface area contributed by atoms with Gasteiger partial charge in [-0.05, 0) is 45.7 Å². The molecule has 0 unspecified atom stereocenters. The molecule has 0 N–H and O–H groups in total. The highest BCUT2D eigenvalue weighted by atomic mass is 32.2. The van der Waals surface area contributed by atoms with Gasteiger partial charge in [0, 0.05) is 18.0 Å². The van der Waals surface area contributed by atoms with Gasteiger partial charge in [0.15, 0.2) is 5.16 Å². The zero-order valence-electron chi connectivity index (χ0n) is 14.6. The minimum absolute atomic E-state index is 0.0215. The van der Waals surface area contributed by atoms with Gasteiger partial charge in [-0.2, -0.15) is 0 Å². The molecule has 1 saturated carbocycles. The average Bonchev–Trinajstić information content (AvgIpc) is 3.19. The summed E-state index contributed by atoms with van der Waals surface area (Å²) in [6, 6.07) is 8.08. The fourth-order valence-electron chi connectivity index (χ4n) is 2.75. The lowest BCUT2D eigenvalue weighted by atomic mass is 10.1. The molecular formula is C18H21N5OS. The van der Waals surface area contributed by atoms with E-state index in [0.717, 1.165) is 23.1 Å². The first-order chi connectivity index (χ1) is 12.2. The normalized spacial score (nSPS) is 15.5. The summed E-state index contributed by atoms with van der Waals surface area (Å²) in [6.45, 7) is 7.13. The van der Waals surface area contributed by atoms with Gasteiger partial charge in [-0.25, -0.2) is 0 Å². The van der Waals surface area contributed by atoms with Crippen LogP contribution < -0.4 is 0 Å². The molecule has 2 aromatic heterocycles. The summed E-state index contributed by atoms with van der Waals surface area (Å²) in [7, 11) is 0. The van der Waals surface area contributed by atoms with Crippen molar-refractivity contribution in [2.24, 2.45) is 0 Å². The summed E-state index contributed by atoms with van der Waals surface area (Å²) in [5.74, 6) is 2.87. The number of rotatable bonds is 6. The van der Waals surface area contributed by atoms with Crippen molar-refractivity contribution >= 4 is 11.8 Å². The van der Waals surface area contributed by atoms with Crippen LogP contribution in [0.3, 0.4) is 0 Å². The molecule has 1 aliphatic rings. The van der Waals surface area contributed by atoms with Crippen LogP contribution in [0.5, 0.6) is 0 Å². The van der Waals surface area contributed by atoms with E-state index in [2.05, 4.69) is 45.7 Å². The van der Waals surface area contributed by atoms with E-state index in [1.807, 2.05) is 24.3 Å². The van der Waals surface area contributed by atoms with E-state index >= 15 is 0 Å². The average molecular weight is 355 g/mol. The molecule has 0 spiro atoms. The standard InChI is InChI=1S/C18H21N5OS/c1-4-23-15(13-9-10-13)19-22-18(23)25-12(3)16-20-21-17(24-16)14-7-5-11(2)6-8-14/h5-8,12-13H,4,9-10H2,1-3H3/t12-/m0/s1. The molecule has 1 aliphatic carbocycles. The van der Waals surface area contributed by atoms with Gasteiger partial charge in [-0.1, -0.05) is 29.5 Å².